The van der Waals surface area contributed by atoms with Crippen molar-refractivity contribution < 1.29 is 4.79 Å². The Bertz CT molecular complexity index is 322. The van der Waals surface area contributed by atoms with Crippen molar-refractivity contribution in [2.45, 2.75) is 26.8 Å². The second kappa shape index (κ2) is 5.82. The van der Waals surface area contributed by atoms with Crippen molar-refractivity contribution in [1.82, 2.24) is 10.3 Å². The monoisotopic (exact) mass is 227 g/mol. The highest BCUT2D eigenvalue weighted by molar-refractivity contribution is 7.09. The van der Waals surface area contributed by atoms with Crippen LogP contribution in [0.1, 0.15) is 35.8 Å². The highest BCUT2D eigenvalue weighted by Gasteiger charge is 2.09. The molecule has 1 rings (SSSR count). The Morgan fingerprint density at radius 3 is 2.93 bits per heavy atom. The van der Waals surface area contributed by atoms with Gasteiger partial charge < -0.3 is 11.1 Å². The van der Waals surface area contributed by atoms with Crippen molar-refractivity contribution in [3.63, 3.8) is 0 Å². The lowest BCUT2D eigenvalue weighted by Crippen LogP contribution is -2.25. The van der Waals surface area contributed by atoms with Crippen LogP contribution in [0.3, 0.4) is 0 Å². The van der Waals surface area contributed by atoms with Crippen LogP contribution in [0.25, 0.3) is 0 Å². The highest BCUT2D eigenvalue weighted by atomic mass is 32.1. The summed E-state index contributed by atoms with van der Waals surface area (Å²) < 4.78 is 0. The Balaban J connectivity index is 2.40. The molecule has 5 heteroatoms. The Hall–Kier alpha value is -0.940. The van der Waals surface area contributed by atoms with Gasteiger partial charge in [-0.15, -0.1) is 11.3 Å². The average Bonchev–Trinajstić information content (AvgIpc) is 2.65. The van der Waals surface area contributed by atoms with E-state index in [9.17, 15) is 4.79 Å². The van der Waals surface area contributed by atoms with Crippen LogP contribution in [0.5, 0.6) is 0 Å². The molecule has 0 spiro atoms. The zero-order valence-corrected chi connectivity index (χ0v) is 9.93. The van der Waals surface area contributed by atoms with Crippen molar-refractivity contribution in [2.24, 2.45) is 11.7 Å². The van der Waals surface area contributed by atoms with Crippen LogP contribution in [0.15, 0.2) is 5.38 Å². The number of nitrogens with zero attached hydrogens (tertiary/aromatic N) is 1. The first-order chi connectivity index (χ1) is 7.13. The minimum absolute atomic E-state index is 0.105. The molecule has 15 heavy (non-hydrogen) atoms. The van der Waals surface area contributed by atoms with Gasteiger partial charge in [-0.3, -0.25) is 4.79 Å². The lowest BCUT2D eigenvalue weighted by Gasteiger charge is -2.05. The standard InChI is InChI=1S/C10H17N3OS/c1-7(2)3-4-12-10(14)8-6-15-9(5-11)13-8/h6-7H,3-5,11H2,1-2H3,(H,12,14). The predicted molar refractivity (Wildman–Crippen MR) is 61.8 cm³/mol. The Labute approximate surface area is 93.9 Å². The molecule has 0 bridgehead atoms. The minimum Gasteiger partial charge on any atom is -0.351 e. The van der Waals surface area contributed by atoms with E-state index in [4.69, 9.17) is 5.73 Å². The summed E-state index contributed by atoms with van der Waals surface area (Å²) in [7, 11) is 0. The largest absolute Gasteiger partial charge is 0.351 e. The lowest BCUT2D eigenvalue weighted by molar-refractivity contribution is 0.0947. The molecule has 0 saturated heterocycles. The Kier molecular flexibility index (Phi) is 4.71. The third-order valence-electron chi connectivity index (χ3n) is 1.97. The summed E-state index contributed by atoms with van der Waals surface area (Å²) in [6, 6.07) is 0. The molecule has 1 heterocycles. The molecule has 0 fully saturated rings. The molecule has 84 valence electrons. The van der Waals surface area contributed by atoms with Crippen LogP contribution in [-0.4, -0.2) is 17.4 Å². The number of amides is 1. The quantitative estimate of drug-likeness (QED) is 0.798. The van der Waals surface area contributed by atoms with E-state index in [0.717, 1.165) is 11.4 Å². The van der Waals surface area contributed by atoms with Gasteiger partial charge in [-0.05, 0) is 12.3 Å². The molecule has 4 nitrogen and oxygen atoms in total. The Morgan fingerprint density at radius 1 is 1.67 bits per heavy atom. The van der Waals surface area contributed by atoms with Crippen molar-refractivity contribution in [3.05, 3.63) is 16.1 Å². The molecule has 0 aliphatic heterocycles. The van der Waals surface area contributed by atoms with Crippen LogP contribution in [-0.2, 0) is 6.54 Å². The number of nitrogens with two attached hydrogens (primary N) is 1. The zero-order valence-electron chi connectivity index (χ0n) is 9.12. The fourth-order valence-electron chi connectivity index (χ4n) is 1.07. The van der Waals surface area contributed by atoms with Crippen LogP contribution in [0, 0.1) is 5.92 Å². The third-order valence-corrected chi connectivity index (χ3v) is 2.84. The summed E-state index contributed by atoms with van der Waals surface area (Å²) in [6.45, 7) is 5.35. The molecule has 0 atom stereocenters. The summed E-state index contributed by atoms with van der Waals surface area (Å²) >= 11 is 1.42. The molecule has 1 amide bonds. The number of carbonyl (C=O) groups excluding carboxylic acids is 1. The topological polar surface area (TPSA) is 68.0 Å². The number of hydrogen-bond donors (Lipinski definition) is 2. The van der Waals surface area contributed by atoms with E-state index >= 15 is 0 Å². The van der Waals surface area contributed by atoms with E-state index in [1.54, 1.807) is 5.38 Å². The second-order valence-corrected chi connectivity index (χ2v) is 4.71. The van der Waals surface area contributed by atoms with Crippen molar-refractivity contribution in [2.75, 3.05) is 6.54 Å². The van der Waals surface area contributed by atoms with E-state index in [1.807, 2.05) is 0 Å². The zero-order chi connectivity index (χ0) is 11.3. The molecule has 0 aliphatic carbocycles. The molecule has 3 N–H and O–H groups in total. The Morgan fingerprint density at radius 2 is 2.40 bits per heavy atom. The summed E-state index contributed by atoms with van der Waals surface area (Å²) in [4.78, 5) is 15.7. The number of nitrogens with one attached hydrogen (secondary N) is 1. The number of hydrogen-bond acceptors (Lipinski definition) is 4. The highest BCUT2D eigenvalue weighted by Crippen LogP contribution is 2.08. The van der Waals surface area contributed by atoms with Crippen molar-refractivity contribution in [1.29, 1.82) is 0 Å². The normalized spacial score (nSPS) is 10.7. The van der Waals surface area contributed by atoms with Gasteiger partial charge in [0.05, 0.1) is 0 Å². The maximum Gasteiger partial charge on any atom is 0.270 e. The van der Waals surface area contributed by atoms with Gasteiger partial charge in [0.1, 0.15) is 10.7 Å². The van der Waals surface area contributed by atoms with Crippen LogP contribution in [0.4, 0.5) is 0 Å². The van der Waals surface area contributed by atoms with E-state index in [1.165, 1.54) is 11.3 Å². The minimum atomic E-state index is -0.105. The van der Waals surface area contributed by atoms with E-state index < -0.39 is 0 Å². The first-order valence-corrected chi connectivity index (χ1v) is 5.94. The van der Waals surface area contributed by atoms with Gasteiger partial charge in [-0.2, -0.15) is 0 Å². The van der Waals surface area contributed by atoms with Crippen LogP contribution in [0.2, 0.25) is 0 Å². The molecule has 0 saturated carbocycles. The van der Waals surface area contributed by atoms with Gasteiger partial charge in [0.2, 0.25) is 0 Å². The predicted octanol–water partition coefficient (Wildman–Crippen LogP) is 1.38. The number of aromatic nitrogens is 1. The van der Waals surface area contributed by atoms with Gasteiger partial charge in [-0.25, -0.2) is 4.98 Å². The van der Waals surface area contributed by atoms with E-state index in [-0.39, 0.29) is 5.91 Å². The molecule has 1 aromatic rings. The van der Waals surface area contributed by atoms with Crippen LogP contribution < -0.4 is 11.1 Å². The third kappa shape index (κ3) is 3.97. The van der Waals surface area contributed by atoms with Gasteiger partial charge in [0, 0.05) is 18.5 Å². The molecular weight excluding hydrogens is 210 g/mol. The van der Waals surface area contributed by atoms with Gasteiger partial charge >= 0.3 is 0 Å². The SMILES string of the molecule is CC(C)CCNC(=O)c1csc(CN)n1. The molecule has 1 aromatic heterocycles. The number of carbonyl (C=O) groups is 1. The van der Waals surface area contributed by atoms with Gasteiger partial charge in [-0.1, -0.05) is 13.8 Å². The fourth-order valence-corrected chi connectivity index (χ4v) is 1.73. The maximum atomic E-state index is 11.5. The smallest absolute Gasteiger partial charge is 0.270 e. The molecular formula is C10H17N3OS. The second-order valence-electron chi connectivity index (χ2n) is 3.77. The lowest BCUT2D eigenvalue weighted by atomic mass is 10.1. The summed E-state index contributed by atoms with van der Waals surface area (Å²) in [5.41, 5.74) is 5.90. The fraction of sp³-hybridized carbons (Fsp3) is 0.600. The summed E-state index contributed by atoms with van der Waals surface area (Å²) in [5.74, 6) is 0.493. The first kappa shape index (κ1) is 12.1. The summed E-state index contributed by atoms with van der Waals surface area (Å²) in [5, 5.41) is 5.37. The van der Waals surface area contributed by atoms with Crippen molar-refractivity contribution >= 4 is 17.2 Å². The molecule has 0 aromatic carbocycles. The maximum absolute atomic E-state index is 11.5. The van der Waals surface area contributed by atoms with Crippen molar-refractivity contribution in [3.8, 4) is 0 Å². The van der Waals surface area contributed by atoms with Gasteiger partial charge in [0.25, 0.3) is 5.91 Å². The average molecular weight is 227 g/mol. The number of thiazole rings is 1. The number of rotatable bonds is 5. The van der Waals surface area contributed by atoms with E-state index in [0.29, 0.717) is 24.7 Å². The van der Waals surface area contributed by atoms with E-state index in [2.05, 4.69) is 24.1 Å². The molecule has 0 aliphatic rings. The molecule has 0 unspecified atom stereocenters. The first-order valence-electron chi connectivity index (χ1n) is 5.06. The van der Waals surface area contributed by atoms with Crippen LogP contribution >= 0.6 is 11.3 Å². The van der Waals surface area contributed by atoms with Gasteiger partial charge in [0.15, 0.2) is 0 Å². The molecule has 0 radical (unpaired) electrons. The summed E-state index contributed by atoms with van der Waals surface area (Å²) in [6.07, 6.45) is 0.986.